The van der Waals surface area contributed by atoms with Crippen molar-refractivity contribution in [3.63, 3.8) is 0 Å². The van der Waals surface area contributed by atoms with E-state index in [1.165, 1.54) is 0 Å². The first-order valence-electron chi connectivity index (χ1n) is 5.50. The number of nitrogens with one attached hydrogen (secondary N) is 1. The van der Waals surface area contributed by atoms with Crippen LogP contribution >= 0.6 is 22.9 Å². The highest BCUT2D eigenvalue weighted by Crippen LogP contribution is 2.25. The molecule has 5 heteroatoms. The molecule has 0 aliphatic carbocycles. The van der Waals surface area contributed by atoms with Crippen LogP contribution in [0.2, 0.25) is 5.02 Å². The summed E-state index contributed by atoms with van der Waals surface area (Å²) >= 11 is 7.75. The summed E-state index contributed by atoms with van der Waals surface area (Å²) in [6, 6.07) is 9.78. The van der Waals surface area contributed by atoms with Crippen molar-refractivity contribution in [2.45, 2.75) is 6.54 Å². The van der Waals surface area contributed by atoms with Crippen LogP contribution in [0.25, 0.3) is 10.2 Å². The van der Waals surface area contributed by atoms with Crippen molar-refractivity contribution >= 4 is 39.0 Å². The van der Waals surface area contributed by atoms with Gasteiger partial charge in [0.2, 0.25) is 0 Å². The van der Waals surface area contributed by atoms with E-state index in [2.05, 4.69) is 15.3 Å². The average molecular weight is 276 g/mol. The molecule has 90 valence electrons. The molecule has 0 spiro atoms. The first-order chi connectivity index (χ1) is 8.84. The van der Waals surface area contributed by atoms with Gasteiger partial charge in [0.15, 0.2) is 0 Å². The minimum absolute atomic E-state index is 0.656. The molecule has 0 aliphatic heterocycles. The first-order valence-corrected chi connectivity index (χ1v) is 6.76. The Morgan fingerprint density at radius 2 is 2.06 bits per heavy atom. The van der Waals surface area contributed by atoms with Gasteiger partial charge in [0.1, 0.15) is 12.1 Å². The normalized spacial score (nSPS) is 10.7. The Morgan fingerprint density at radius 1 is 1.17 bits per heavy atom. The summed E-state index contributed by atoms with van der Waals surface area (Å²) in [5, 5.41) is 6.08. The molecule has 0 bridgehead atoms. The van der Waals surface area contributed by atoms with Crippen LogP contribution in [0.3, 0.4) is 0 Å². The van der Waals surface area contributed by atoms with Crippen LogP contribution in [0, 0.1) is 0 Å². The van der Waals surface area contributed by atoms with Crippen LogP contribution in [-0.2, 0) is 6.54 Å². The molecular weight excluding hydrogens is 266 g/mol. The Balaban J connectivity index is 1.85. The number of thiophene rings is 1. The van der Waals surface area contributed by atoms with Gasteiger partial charge < -0.3 is 5.32 Å². The maximum Gasteiger partial charge on any atom is 0.147 e. The third-order valence-electron chi connectivity index (χ3n) is 2.65. The van der Waals surface area contributed by atoms with E-state index in [0.29, 0.717) is 6.54 Å². The molecule has 0 amide bonds. The van der Waals surface area contributed by atoms with Gasteiger partial charge in [-0.05, 0) is 23.1 Å². The zero-order valence-corrected chi connectivity index (χ0v) is 11.0. The molecule has 0 saturated carbocycles. The maximum atomic E-state index is 6.12. The predicted molar refractivity (Wildman–Crippen MR) is 76.2 cm³/mol. The summed E-state index contributed by atoms with van der Waals surface area (Å²) < 4.78 is 1.07. The van der Waals surface area contributed by atoms with Gasteiger partial charge in [-0.3, -0.25) is 0 Å². The molecule has 0 saturated heterocycles. The summed E-state index contributed by atoms with van der Waals surface area (Å²) in [4.78, 5) is 8.48. The van der Waals surface area contributed by atoms with Gasteiger partial charge in [0.25, 0.3) is 0 Å². The Kier molecular flexibility index (Phi) is 3.13. The number of hydrogen-bond acceptors (Lipinski definition) is 4. The van der Waals surface area contributed by atoms with E-state index >= 15 is 0 Å². The number of hydrogen-bond donors (Lipinski definition) is 1. The largest absolute Gasteiger partial charge is 0.365 e. The lowest BCUT2D eigenvalue weighted by Gasteiger charge is -2.07. The average Bonchev–Trinajstić information content (AvgIpc) is 2.86. The molecule has 1 aromatic carbocycles. The number of fused-ring (bicyclic) bond motifs is 1. The first kappa shape index (κ1) is 11.4. The molecule has 0 unspecified atom stereocenters. The lowest BCUT2D eigenvalue weighted by atomic mass is 10.2. The van der Waals surface area contributed by atoms with Gasteiger partial charge in [-0.1, -0.05) is 29.8 Å². The minimum Gasteiger partial charge on any atom is -0.365 e. The van der Waals surface area contributed by atoms with Crippen molar-refractivity contribution in [3.8, 4) is 0 Å². The summed E-state index contributed by atoms with van der Waals surface area (Å²) in [6.07, 6.45) is 1.57. The highest BCUT2D eigenvalue weighted by atomic mass is 35.5. The van der Waals surface area contributed by atoms with E-state index in [1.807, 2.05) is 35.7 Å². The fourth-order valence-corrected chi connectivity index (χ4v) is 2.75. The molecule has 0 radical (unpaired) electrons. The third kappa shape index (κ3) is 2.17. The molecule has 2 heterocycles. The van der Waals surface area contributed by atoms with E-state index in [9.17, 15) is 0 Å². The summed E-state index contributed by atoms with van der Waals surface area (Å²) in [5.74, 6) is 0.856. The summed E-state index contributed by atoms with van der Waals surface area (Å²) in [6.45, 7) is 0.656. The fourth-order valence-electron chi connectivity index (χ4n) is 1.74. The van der Waals surface area contributed by atoms with Crippen LogP contribution in [0.15, 0.2) is 42.0 Å². The highest BCUT2D eigenvalue weighted by molar-refractivity contribution is 7.17. The van der Waals surface area contributed by atoms with E-state index in [-0.39, 0.29) is 0 Å². The number of aromatic nitrogens is 2. The van der Waals surface area contributed by atoms with Crippen molar-refractivity contribution in [1.29, 1.82) is 0 Å². The second-order valence-corrected chi connectivity index (χ2v) is 5.13. The summed E-state index contributed by atoms with van der Waals surface area (Å²) in [7, 11) is 0. The van der Waals surface area contributed by atoms with Gasteiger partial charge in [-0.25, -0.2) is 9.97 Å². The minimum atomic E-state index is 0.656. The lowest BCUT2D eigenvalue weighted by Crippen LogP contribution is -2.02. The standard InChI is InChI=1S/C13H10ClN3S/c14-10-4-2-1-3-9(10)7-15-13-12-11(5-6-18-12)16-8-17-13/h1-6,8H,7H2,(H,15,16,17). The Morgan fingerprint density at radius 3 is 2.94 bits per heavy atom. The Labute approximate surface area is 113 Å². The van der Waals surface area contributed by atoms with Crippen LogP contribution in [0.4, 0.5) is 5.82 Å². The number of nitrogens with zero attached hydrogens (tertiary/aromatic N) is 2. The van der Waals surface area contributed by atoms with Crippen LogP contribution in [0.1, 0.15) is 5.56 Å². The fraction of sp³-hybridized carbons (Fsp3) is 0.0769. The highest BCUT2D eigenvalue weighted by Gasteiger charge is 2.05. The molecule has 0 atom stereocenters. The van der Waals surface area contributed by atoms with Crippen LogP contribution < -0.4 is 5.32 Å². The molecular formula is C13H10ClN3S. The maximum absolute atomic E-state index is 6.12. The van der Waals surface area contributed by atoms with Crippen molar-refractivity contribution in [2.24, 2.45) is 0 Å². The number of halogens is 1. The SMILES string of the molecule is Clc1ccccc1CNc1ncnc2ccsc12. The lowest BCUT2D eigenvalue weighted by molar-refractivity contribution is 1.11. The van der Waals surface area contributed by atoms with E-state index < -0.39 is 0 Å². The van der Waals surface area contributed by atoms with Gasteiger partial charge in [-0.15, -0.1) is 11.3 Å². The Hall–Kier alpha value is -1.65. The zero-order valence-electron chi connectivity index (χ0n) is 9.43. The third-order valence-corrected chi connectivity index (χ3v) is 3.93. The molecule has 0 aliphatic rings. The van der Waals surface area contributed by atoms with E-state index in [1.54, 1.807) is 17.7 Å². The molecule has 2 aromatic heterocycles. The van der Waals surface area contributed by atoms with Gasteiger partial charge >= 0.3 is 0 Å². The van der Waals surface area contributed by atoms with Gasteiger partial charge in [0, 0.05) is 11.6 Å². The second-order valence-electron chi connectivity index (χ2n) is 3.80. The molecule has 0 fully saturated rings. The predicted octanol–water partition coefficient (Wildman–Crippen LogP) is 3.96. The van der Waals surface area contributed by atoms with E-state index in [0.717, 1.165) is 26.6 Å². The monoisotopic (exact) mass is 275 g/mol. The van der Waals surface area contributed by atoms with Crippen LogP contribution in [-0.4, -0.2) is 9.97 Å². The van der Waals surface area contributed by atoms with Crippen molar-refractivity contribution in [3.05, 3.63) is 52.6 Å². The number of anilines is 1. The van der Waals surface area contributed by atoms with Crippen molar-refractivity contribution in [1.82, 2.24) is 9.97 Å². The quantitative estimate of drug-likeness (QED) is 0.786. The van der Waals surface area contributed by atoms with Gasteiger partial charge in [-0.2, -0.15) is 0 Å². The smallest absolute Gasteiger partial charge is 0.147 e. The number of benzene rings is 1. The van der Waals surface area contributed by atoms with Gasteiger partial charge in [0.05, 0.1) is 10.2 Å². The van der Waals surface area contributed by atoms with Crippen molar-refractivity contribution < 1.29 is 0 Å². The molecule has 18 heavy (non-hydrogen) atoms. The molecule has 3 aromatic rings. The second kappa shape index (κ2) is 4.92. The van der Waals surface area contributed by atoms with Crippen molar-refractivity contribution in [2.75, 3.05) is 5.32 Å². The topological polar surface area (TPSA) is 37.8 Å². The molecule has 1 N–H and O–H groups in total. The molecule has 3 nitrogen and oxygen atoms in total. The molecule has 3 rings (SSSR count). The van der Waals surface area contributed by atoms with E-state index in [4.69, 9.17) is 11.6 Å². The zero-order chi connectivity index (χ0) is 12.4. The Bertz CT molecular complexity index is 681. The summed E-state index contributed by atoms with van der Waals surface area (Å²) in [5.41, 5.74) is 2.03. The number of rotatable bonds is 3. The van der Waals surface area contributed by atoms with Crippen LogP contribution in [0.5, 0.6) is 0 Å².